The lowest BCUT2D eigenvalue weighted by molar-refractivity contribution is 0.285. The van der Waals surface area contributed by atoms with Gasteiger partial charge in [0.2, 0.25) is 5.88 Å². The first kappa shape index (κ1) is 18.0. The molecule has 0 bridgehead atoms. The molecule has 0 N–H and O–H groups in total. The molecule has 0 amide bonds. The predicted molar refractivity (Wildman–Crippen MR) is 103 cm³/mol. The van der Waals surface area contributed by atoms with Crippen LogP contribution in [0.25, 0.3) is 11.1 Å². The molecular formula is C21H21N5O2. The summed E-state index contributed by atoms with van der Waals surface area (Å²) in [6.45, 7) is 2.41. The highest BCUT2D eigenvalue weighted by molar-refractivity contribution is 5.68. The van der Waals surface area contributed by atoms with Crippen LogP contribution in [0.3, 0.4) is 0 Å². The topological polar surface area (TPSA) is 85.9 Å². The number of nitriles is 1. The molecule has 0 saturated heterocycles. The summed E-state index contributed by atoms with van der Waals surface area (Å²) in [7, 11) is 3.48. The molecule has 7 nitrogen and oxygen atoms in total. The van der Waals surface area contributed by atoms with Gasteiger partial charge in [0.1, 0.15) is 23.3 Å². The zero-order valence-electron chi connectivity index (χ0n) is 16.1. The van der Waals surface area contributed by atoms with Crippen LogP contribution in [-0.4, -0.2) is 33.2 Å². The van der Waals surface area contributed by atoms with Crippen LogP contribution in [-0.2, 0) is 7.05 Å². The molecule has 7 heteroatoms. The highest BCUT2D eigenvalue weighted by atomic mass is 16.5. The van der Waals surface area contributed by atoms with Crippen LogP contribution in [0, 0.1) is 24.2 Å². The van der Waals surface area contributed by atoms with Gasteiger partial charge in [-0.05, 0) is 31.5 Å². The summed E-state index contributed by atoms with van der Waals surface area (Å²) in [4.78, 5) is 13.3. The van der Waals surface area contributed by atoms with E-state index in [1.54, 1.807) is 24.1 Å². The minimum absolute atomic E-state index is 0.402. The molecule has 0 aliphatic heterocycles. The molecule has 0 spiro atoms. The molecule has 1 fully saturated rings. The van der Waals surface area contributed by atoms with E-state index in [1.807, 2.05) is 38.4 Å². The first-order valence-electron chi connectivity index (χ1n) is 9.12. The molecule has 0 unspecified atom stereocenters. The first-order valence-corrected chi connectivity index (χ1v) is 9.12. The van der Waals surface area contributed by atoms with Gasteiger partial charge in [-0.1, -0.05) is 0 Å². The smallest absolute Gasteiger partial charge is 0.224 e. The number of hydrogen-bond acceptors (Lipinski definition) is 6. The fourth-order valence-electron chi connectivity index (χ4n) is 3.29. The molecule has 3 heterocycles. The second-order valence-electron chi connectivity index (χ2n) is 7.01. The van der Waals surface area contributed by atoms with Crippen LogP contribution in [0.4, 0.5) is 0 Å². The third kappa shape index (κ3) is 3.54. The number of hydrogen-bond donors (Lipinski definition) is 0. The average Bonchev–Trinajstić information content (AvgIpc) is 3.40. The van der Waals surface area contributed by atoms with Gasteiger partial charge in [-0.25, -0.2) is 4.98 Å². The first-order chi connectivity index (χ1) is 13.6. The summed E-state index contributed by atoms with van der Waals surface area (Å²) in [5.74, 6) is 2.78. The Bertz CT molecular complexity index is 1040. The van der Waals surface area contributed by atoms with E-state index in [2.05, 4.69) is 21.0 Å². The van der Waals surface area contributed by atoms with Gasteiger partial charge in [0.05, 0.1) is 25.5 Å². The minimum atomic E-state index is 0.402. The van der Waals surface area contributed by atoms with Crippen LogP contribution in [0.2, 0.25) is 0 Å². The molecule has 3 aromatic rings. The van der Waals surface area contributed by atoms with Crippen LogP contribution in [0.15, 0.2) is 36.8 Å². The predicted octanol–water partition coefficient (Wildman–Crippen LogP) is 3.25. The fourth-order valence-corrected chi connectivity index (χ4v) is 3.29. The van der Waals surface area contributed by atoms with E-state index in [-0.39, 0.29) is 0 Å². The summed E-state index contributed by atoms with van der Waals surface area (Å²) in [6, 6.07) is 7.94. The Morgan fingerprint density at radius 1 is 1.29 bits per heavy atom. The Morgan fingerprint density at radius 2 is 2.14 bits per heavy atom. The third-order valence-electron chi connectivity index (χ3n) is 5.04. The largest absolute Gasteiger partial charge is 0.495 e. The number of nitrogens with zero attached hydrogens (tertiary/aromatic N) is 5. The van der Waals surface area contributed by atoms with Crippen molar-refractivity contribution in [2.45, 2.75) is 19.3 Å². The van der Waals surface area contributed by atoms with E-state index in [9.17, 15) is 5.26 Å². The zero-order chi connectivity index (χ0) is 19.7. The monoisotopic (exact) mass is 375 g/mol. The van der Waals surface area contributed by atoms with Gasteiger partial charge in [-0.3, -0.25) is 4.98 Å². The van der Waals surface area contributed by atoms with Gasteiger partial charge < -0.3 is 14.0 Å². The van der Waals surface area contributed by atoms with Crippen molar-refractivity contribution in [2.75, 3.05) is 13.7 Å². The van der Waals surface area contributed by atoms with Crippen molar-refractivity contribution in [2.24, 2.45) is 13.0 Å². The zero-order valence-corrected chi connectivity index (χ0v) is 16.1. The van der Waals surface area contributed by atoms with Gasteiger partial charge in [-0.15, -0.1) is 0 Å². The maximum absolute atomic E-state index is 9.20. The average molecular weight is 375 g/mol. The molecule has 4 rings (SSSR count). The van der Waals surface area contributed by atoms with E-state index in [0.29, 0.717) is 35.8 Å². The normalized spacial score (nSPS) is 17.8. The van der Waals surface area contributed by atoms with Crippen LogP contribution >= 0.6 is 0 Å². The molecular weight excluding hydrogens is 354 g/mol. The van der Waals surface area contributed by atoms with Crippen molar-refractivity contribution in [3.63, 3.8) is 0 Å². The Hall–Kier alpha value is -3.40. The van der Waals surface area contributed by atoms with Gasteiger partial charge in [-0.2, -0.15) is 10.2 Å². The molecule has 1 aliphatic rings. The Labute approximate surface area is 163 Å². The lowest BCUT2D eigenvalue weighted by Crippen LogP contribution is -2.05. The lowest BCUT2D eigenvalue weighted by atomic mass is 10.1. The maximum Gasteiger partial charge on any atom is 0.224 e. The molecule has 1 saturated carbocycles. The lowest BCUT2D eigenvalue weighted by Gasteiger charge is -2.10. The number of methoxy groups -OCH3 is 1. The third-order valence-corrected chi connectivity index (χ3v) is 5.04. The van der Waals surface area contributed by atoms with Crippen LogP contribution in [0.1, 0.15) is 29.6 Å². The van der Waals surface area contributed by atoms with Gasteiger partial charge in [0.25, 0.3) is 0 Å². The summed E-state index contributed by atoms with van der Waals surface area (Å²) in [6.07, 6.45) is 6.44. The Balaban J connectivity index is 1.48. The van der Waals surface area contributed by atoms with Gasteiger partial charge in [0, 0.05) is 42.5 Å². The van der Waals surface area contributed by atoms with Crippen LogP contribution < -0.4 is 9.47 Å². The van der Waals surface area contributed by atoms with Gasteiger partial charge >= 0.3 is 0 Å². The van der Waals surface area contributed by atoms with E-state index >= 15 is 0 Å². The van der Waals surface area contributed by atoms with Crippen molar-refractivity contribution in [3.8, 4) is 28.8 Å². The van der Waals surface area contributed by atoms with Crippen molar-refractivity contribution in [1.29, 1.82) is 5.26 Å². The van der Waals surface area contributed by atoms with Crippen molar-refractivity contribution < 1.29 is 9.47 Å². The van der Waals surface area contributed by atoms with E-state index < -0.39 is 0 Å². The number of aryl methyl sites for hydroxylation is 2. The molecule has 28 heavy (non-hydrogen) atoms. The second kappa shape index (κ2) is 7.31. The van der Waals surface area contributed by atoms with E-state index in [1.165, 1.54) is 0 Å². The number of pyridine rings is 1. The number of ether oxygens (including phenoxy) is 2. The molecule has 0 aromatic carbocycles. The summed E-state index contributed by atoms with van der Waals surface area (Å²) in [5.41, 5.74) is 3.31. The molecule has 142 valence electrons. The van der Waals surface area contributed by atoms with Gasteiger partial charge in [0.15, 0.2) is 0 Å². The van der Waals surface area contributed by atoms with Crippen molar-refractivity contribution >= 4 is 0 Å². The maximum atomic E-state index is 9.20. The molecule has 1 aliphatic carbocycles. The Morgan fingerprint density at radius 3 is 2.82 bits per heavy atom. The molecule has 2 atom stereocenters. The fraction of sp³-hybridized carbons (Fsp3) is 0.333. The van der Waals surface area contributed by atoms with Crippen molar-refractivity contribution in [3.05, 3.63) is 54.0 Å². The number of aromatic nitrogens is 4. The summed E-state index contributed by atoms with van der Waals surface area (Å²) >= 11 is 0. The summed E-state index contributed by atoms with van der Waals surface area (Å²) in [5, 5.41) is 9.20. The standard InChI is InChI=1S/C21H21N5O2/c1-13-23-10-19(14-6-16(8-22)26(2)11-14)21(25-13)28-12-15-7-18(15)20-5-4-17(27-3)9-24-20/h4-6,9-11,15,18H,7,12H2,1-3H3/t15-,18+/m1/s1. The highest BCUT2D eigenvalue weighted by Gasteiger charge is 2.40. The van der Waals surface area contributed by atoms with E-state index in [0.717, 1.165) is 29.0 Å². The molecule has 0 radical (unpaired) electrons. The quantitative estimate of drug-likeness (QED) is 0.657. The van der Waals surface area contributed by atoms with Crippen molar-refractivity contribution in [1.82, 2.24) is 19.5 Å². The summed E-state index contributed by atoms with van der Waals surface area (Å²) < 4.78 is 13.0. The second-order valence-corrected chi connectivity index (χ2v) is 7.01. The highest BCUT2D eigenvalue weighted by Crippen LogP contribution is 2.47. The van der Waals surface area contributed by atoms with E-state index in [4.69, 9.17) is 9.47 Å². The Kier molecular flexibility index (Phi) is 4.70. The van der Waals surface area contributed by atoms with Crippen LogP contribution in [0.5, 0.6) is 11.6 Å². The molecule has 3 aromatic heterocycles. The number of rotatable bonds is 6. The SMILES string of the molecule is COc1ccc([C@H]2C[C@@H]2COc2nc(C)ncc2-c2cc(C#N)n(C)c2)nc1. The minimum Gasteiger partial charge on any atom is -0.495 e.